The fourth-order valence-corrected chi connectivity index (χ4v) is 2.28. The summed E-state index contributed by atoms with van der Waals surface area (Å²) in [5, 5.41) is 0. The maximum absolute atomic E-state index is 12.4. The van der Waals surface area contributed by atoms with Crippen LogP contribution in [0.3, 0.4) is 0 Å². The van der Waals surface area contributed by atoms with Crippen LogP contribution in [-0.2, 0) is 46.7 Å². The Balaban J connectivity index is 4.41. The third-order valence-corrected chi connectivity index (χ3v) is 3.73. The lowest BCUT2D eigenvalue weighted by Gasteiger charge is -2.18. The molecule has 0 aliphatic heterocycles. The molecule has 0 aromatic heterocycles. The predicted octanol–water partition coefficient (Wildman–Crippen LogP) is 1.33. The summed E-state index contributed by atoms with van der Waals surface area (Å²) in [6.07, 6.45) is 2.86. The Morgan fingerprint density at radius 3 is 1.12 bits per heavy atom. The number of carbonyl (C=O) groups excluding carboxylic acids is 3. The predicted molar refractivity (Wildman–Crippen MR) is 88.9 cm³/mol. The number of ether oxygens (including phenoxy) is 3. The van der Waals surface area contributed by atoms with Crippen LogP contribution >= 0.6 is 7.82 Å². The molecule has 146 valence electrons. The summed E-state index contributed by atoms with van der Waals surface area (Å²) in [5.41, 5.74) is 0. The molecule has 0 aliphatic rings. The average Bonchev–Trinajstić information content (AvgIpc) is 2.65. The van der Waals surface area contributed by atoms with Crippen LogP contribution in [0.25, 0.3) is 0 Å². The van der Waals surface area contributed by atoms with Crippen LogP contribution in [0, 0.1) is 0 Å². The summed E-state index contributed by atoms with van der Waals surface area (Å²) >= 11 is 0. The first-order valence-electron chi connectivity index (χ1n) is 7.28. The number of hydrogen-bond donors (Lipinski definition) is 0. The highest BCUT2D eigenvalue weighted by Gasteiger charge is 2.27. The third-order valence-electron chi connectivity index (χ3n) is 2.23. The lowest BCUT2D eigenvalue weighted by Crippen LogP contribution is -2.14. The van der Waals surface area contributed by atoms with Crippen LogP contribution < -0.4 is 0 Å². The van der Waals surface area contributed by atoms with Gasteiger partial charge >= 0.3 is 25.7 Å². The molecule has 0 saturated carbocycles. The second kappa shape index (κ2) is 14.0. The van der Waals surface area contributed by atoms with Gasteiger partial charge in [-0.25, -0.2) is 18.9 Å². The third kappa shape index (κ3) is 12.2. The summed E-state index contributed by atoms with van der Waals surface area (Å²) in [7, 11) is -4.08. The van der Waals surface area contributed by atoms with Gasteiger partial charge in [0.15, 0.2) is 0 Å². The zero-order chi connectivity index (χ0) is 19.8. The maximum atomic E-state index is 12.4. The molecular formula is C15H21O10P. The standard InChI is InChI=1S/C15H21O10P/c1-4-13(16)20-7-10-23-26(19,24-11-8-21-14(17)5-2)25-12-9-22-15(18)6-3/h4-6H,1-3,7-12H2. The van der Waals surface area contributed by atoms with Crippen LogP contribution in [0.15, 0.2) is 38.0 Å². The minimum Gasteiger partial charge on any atom is -0.460 e. The minimum absolute atomic E-state index is 0.224. The summed E-state index contributed by atoms with van der Waals surface area (Å²) in [6, 6.07) is 0. The molecule has 0 aromatic carbocycles. The Morgan fingerprint density at radius 2 is 0.885 bits per heavy atom. The summed E-state index contributed by atoms with van der Waals surface area (Å²) < 4.78 is 41.3. The first-order valence-corrected chi connectivity index (χ1v) is 8.74. The number of rotatable bonds is 15. The molecular weight excluding hydrogens is 371 g/mol. The summed E-state index contributed by atoms with van der Waals surface area (Å²) in [4.78, 5) is 32.7. The van der Waals surface area contributed by atoms with Gasteiger partial charge in [0.25, 0.3) is 0 Å². The molecule has 0 amide bonds. The van der Waals surface area contributed by atoms with Gasteiger partial charge in [-0.3, -0.25) is 13.6 Å². The normalized spacial score (nSPS) is 10.5. The maximum Gasteiger partial charge on any atom is 0.475 e. The van der Waals surface area contributed by atoms with Gasteiger partial charge in [0.1, 0.15) is 19.8 Å². The van der Waals surface area contributed by atoms with Gasteiger partial charge in [0, 0.05) is 18.2 Å². The van der Waals surface area contributed by atoms with Gasteiger partial charge in [-0.2, -0.15) is 0 Å². The monoisotopic (exact) mass is 392 g/mol. The van der Waals surface area contributed by atoms with Crippen molar-refractivity contribution in [3.63, 3.8) is 0 Å². The summed E-state index contributed by atoms with van der Waals surface area (Å²) in [6.45, 7) is 8.08. The fraction of sp³-hybridized carbons (Fsp3) is 0.400. The molecule has 0 unspecified atom stereocenters. The summed E-state index contributed by atoms with van der Waals surface area (Å²) in [5.74, 6) is -2.05. The van der Waals surface area contributed by atoms with Gasteiger partial charge in [-0.05, 0) is 0 Å². The number of hydrogen-bond acceptors (Lipinski definition) is 10. The highest BCUT2D eigenvalue weighted by Crippen LogP contribution is 2.49. The second-order valence-corrected chi connectivity index (χ2v) is 5.73. The zero-order valence-electron chi connectivity index (χ0n) is 14.1. The molecule has 0 aliphatic carbocycles. The Hall–Kier alpha value is -2.26. The van der Waals surface area contributed by atoms with E-state index in [2.05, 4.69) is 33.9 Å². The Labute approximate surface area is 150 Å². The van der Waals surface area contributed by atoms with Crippen molar-refractivity contribution in [2.24, 2.45) is 0 Å². The van der Waals surface area contributed by atoms with E-state index in [4.69, 9.17) is 13.6 Å². The van der Waals surface area contributed by atoms with Crippen molar-refractivity contribution in [2.45, 2.75) is 0 Å². The van der Waals surface area contributed by atoms with Crippen molar-refractivity contribution in [1.82, 2.24) is 0 Å². The quantitative estimate of drug-likeness (QED) is 0.133. The Bertz CT molecular complexity index is 481. The first kappa shape index (κ1) is 23.7. The van der Waals surface area contributed by atoms with E-state index in [1.165, 1.54) is 0 Å². The van der Waals surface area contributed by atoms with E-state index < -0.39 is 25.7 Å². The highest BCUT2D eigenvalue weighted by molar-refractivity contribution is 7.48. The number of phosphoric acid groups is 1. The molecule has 0 bridgehead atoms. The first-order chi connectivity index (χ1) is 12.4. The van der Waals surface area contributed by atoms with E-state index in [1.54, 1.807) is 0 Å². The molecule has 0 atom stereocenters. The minimum atomic E-state index is -4.08. The van der Waals surface area contributed by atoms with Gasteiger partial charge in [0.2, 0.25) is 0 Å². The van der Waals surface area contributed by atoms with Crippen molar-refractivity contribution in [3.05, 3.63) is 38.0 Å². The molecule has 0 aromatic rings. The van der Waals surface area contributed by atoms with Gasteiger partial charge in [-0.15, -0.1) is 0 Å². The van der Waals surface area contributed by atoms with Crippen LogP contribution in [0.4, 0.5) is 0 Å². The van der Waals surface area contributed by atoms with E-state index in [0.717, 1.165) is 18.2 Å². The average molecular weight is 392 g/mol. The van der Waals surface area contributed by atoms with Crippen LogP contribution in [0.1, 0.15) is 0 Å². The van der Waals surface area contributed by atoms with Crippen molar-refractivity contribution in [3.8, 4) is 0 Å². The van der Waals surface area contributed by atoms with E-state index in [0.29, 0.717) is 0 Å². The van der Waals surface area contributed by atoms with Gasteiger partial charge in [-0.1, -0.05) is 19.7 Å². The van der Waals surface area contributed by atoms with Crippen molar-refractivity contribution in [2.75, 3.05) is 39.6 Å². The molecule has 0 saturated heterocycles. The molecule has 26 heavy (non-hydrogen) atoms. The van der Waals surface area contributed by atoms with Crippen LogP contribution in [-0.4, -0.2) is 57.5 Å². The lowest BCUT2D eigenvalue weighted by atomic mass is 10.6. The molecule has 10 nitrogen and oxygen atoms in total. The molecule has 11 heteroatoms. The SMILES string of the molecule is C=CC(=O)OCCOP(=O)(OCCOC(=O)C=C)OCCOC(=O)C=C. The van der Waals surface area contributed by atoms with E-state index in [9.17, 15) is 18.9 Å². The van der Waals surface area contributed by atoms with Crippen molar-refractivity contribution >= 4 is 25.7 Å². The van der Waals surface area contributed by atoms with Gasteiger partial charge in [0.05, 0.1) is 19.8 Å². The van der Waals surface area contributed by atoms with Crippen molar-refractivity contribution < 1.29 is 46.7 Å². The van der Waals surface area contributed by atoms with E-state index in [1.807, 2.05) is 0 Å². The molecule has 0 fully saturated rings. The Morgan fingerprint density at radius 1 is 0.615 bits per heavy atom. The van der Waals surface area contributed by atoms with E-state index >= 15 is 0 Å². The molecule has 0 radical (unpaired) electrons. The lowest BCUT2D eigenvalue weighted by molar-refractivity contribution is -0.139. The number of carbonyl (C=O) groups is 3. The highest BCUT2D eigenvalue weighted by atomic mass is 31.2. The topological polar surface area (TPSA) is 124 Å². The van der Waals surface area contributed by atoms with Gasteiger partial charge < -0.3 is 14.2 Å². The molecule has 0 spiro atoms. The molecule has 0 rings (SSSR count). The second-order valence-electron chi connectivity index (χ2n) is 4.06. The number of esters is 3. The number of phosphoric ester groups is 1. The van der Waals surface area contributed by atoms with Crippen molar-refractivity contribution in [1.29, 1.82) is 0 Å². The molecule has 0 heterocycles. The largest absolute Gasteiger partial charge is 0.475 e. The van der Waals surface area contributed by atoms with E-state index in [-0.39, 0.29) is 39.6 Å². The van der Waals surface area contributed by atoms with Crippen LogP contribution in [0.5, 0.6) is 0 Å². The fourth-order valence-electron chi connectivity index (χ4n) is 1.16. The van der Waals surface area contributed by atoms with Crippen LogP contribution in [0.2, 0.25) is 0 Å². The smallest absolute Gasteiger partial charge is 0.460 e. The zero-order valence-corrected chi connectivity index (χ0v) is 15.0. The Kier molecular flexibility index (Phi) is 12.8. The molecule has 0 N–H and O–H groups in total.